The lowest BCUT2D eigenvalue weighted by Crippen LogP contribution is -2.32. The van der Waals surface area contributed by atoms with Gasteiger partial charge in [-0.15, -0.1) is 0 Å². The highest BCUT2D eigenvalue weighted by Crippen LogP contribution is 2.55. The molecule has 1 aromatic carbocycles. The monoisotopic (exact) mass is 273 g/mol. The molecule has 0 radical (unpaired) electrons. The minimum absolute atomic E-state index is 0.0819. The molecule has 0 spiro atoms. The molecule has 1 aromatic rings. The number of hydrogen-bond donors (Lipinski definition) is 2. The SMILES string of the molecule is CC(N)C1(c2c(Br)ccc(F)c2O)CC1. The fourth-order valence-electron chi connectivity index (χ4n) is 2.08. The summed E-state index contributed by atoms with van der Waals surface area (Å²) in [6, 6.07) is 2.79. The number of aromatic hydroxyl groups is 1. The summed E-state index contributed by atoms with van der Waals surface area (Å²) in [5.74, 6) is -0.848. The van der Waals surface area contributed by atoms with Gasteiger partial charge in [-0.2, -0.15) is 0 Å². The summed E-state index contributed by atoms with van der Waals surface area (Å²) in [4.78, 5) is 0. The molecule has 2 nitrogen and oxygen atoms in total. The van der Waals surface area contributed by atoms with Crippen molar-refractivity contribution in [3.05, 3.63) is 28.0 Å². The number of nitrogens with two attached hydrogens (primary N) is 1. The number of halogens is 2. The second-order valence-corrected chi connectivity index (χ2v) is 5.05. The van der Waals surface area contributed by atoms with Gasteiger partial charge in [0.15, 0.2) is 11.6 Å². The van der Waals surface area contributed by atoms with E-state index in [0.717, 1.165) is 17.3 Å². The maximum absolute atomic E-state index is 13.3. The molecular weight excluding hydrogens is 261 g/mol. The molecule has 1 unspecified atom stereocenters. The fraction of sp³-hybridized carbons (Fsp3) is 0.455. The van der Waals surface area contributed by atoms with Crippen LogP contribution in [0.25, 0.3) is 0 Å². The molecule has 0 aromatic heterocycles. The summed E-state index contributed by atoms with van der Waals surface area (Å²) < 4.78 is 14.0. The predicted octanol–water partition coefficient (Wildman–Crippen LogP) is 2.67. The first-order chi connectivity index (χ1) is 6.99. The molecule has 1 aliphatic carbocycles. The number of hydrogen-bond acceptors (Lipinski definition) is 2. The van der Waals surface area contributed by atoms with Crippen LogP contribution in [0.3, 0.4) is 0 Å². The summed E-state index contributed by atoms with van der Waals surface area (Å²) in [6.07, 6.45) is 1.81. The van der Waals surface area contributed by atoms with Gasteiger partial charge in [0.25, 0.3) is 0 Å². The van der Waals surface area contributed by atoms with Crippen LogP contribution in [0.15, 0.2) is 16.6 Å². The van der Waals surface area contributed by atoms with Crippen molar-refractivity contribution in [3.63, 3.8) is 0 Å². The van der Waals surface area contributed by atoms with Crippen LogP contribution in [0, 0.1) is 5.82 Å². The van der Waals surface area contributed by atoms with E-state index in [1.807, 2.05) is 6.92 Å². The van der Waals surface area contributed by atoms with E-state index in [4.69, 9.17) is 5.73 Å². The van der Waals surface area contributed by atoms with Crippen LogP contribution in [0.5, 0.6) is 5.75 Å². The van der Waals surface area contributed by atoms with Gasteiger partial charge >= 0.3 is 0 Å². The second-order valence-electron chi connectivity index (χ2n) is 4.20. The van der Waals surface area contributed by atoms with Crippen LogP contribution in [-0.2, 0) is 5.41 Å². The molecule has 1 fully saturated rings. The zero-order valence-corrected chi connectivity index (χ0v) is 10.0. The highest BCUT2D eigenvalue weighted by molar-refractivity contribution is 9.10. The van der Waals surface area contributed by atoms with Gasteiger partial charge in [0, 0.05) is 21.5 Å². The zero-order valence-electron chi connectivity index (χ0n) is 8.43. The van der Waals surface area contributed by atoms with Crippen LogP contribution in [0.1, 0.15) is 25.3 Å². The molecule has 1 saturated carbocycles. The van der Waals surface area contributed by atoms with E-state index in [1.54, 1.807) is 6.07 Å². The molecule has 0 saturated heterocycles. The van der Waals surface area contributed by atoms with E-state index in [1.165, 1.54) is 6.07 Å². The Bertz CT molecular complexity index is 402. The van der Waals surface area contributed by atoms with Gasteiger partial charge in [-0.25, -0.2) is 4.39 Å². The molecule has 0 amide bonds. The van der Waals surface area contributed by atoms with Crippen LogP contribution in [0.4, 0.5) is 4.39 Å². The highest BCUT2D eigenvalue weighted by Gasteiger charge is 2.50. The predicted molar refractivity (Wildman–Crippen MR) is 60.3 cm³/mol. The average Bonchev–Trinajstić information content (AvgIpc) is 2.93. The van der Waals surface area contributed by atoms with E-state index in [-0.39, 0.29) is 17.2 Å². The molecule has 0 aliphatic heterocycles. The Morgan fingerprint density at radius 2 is 2.13 bits per heavy atom. The lowest BCUT2D eigenvalue weighted by molar-refractivity contribution is 0.409. The first-order valence-corrected chi connectivity index (χ1v) is 5.71. The van der Waals surface area contributed by atoms with Gasteiger partial charge in [-0.05, 0) is 31.9 Å². The molecule has 0 heterocycles. The Morgan fingerprint density at radius 1 is 1.53 bits per heavy atom. The minimum atomic E-state index is -0.583. The van der Waals surface area contributed by atoms with Crippen LogP contribution < -0.4 is 5.73 Å². The van der Waals surface area contributed by atoms with Crippen molar-refractivity contribution in [2.45, 2.75) is 31.2 Å². The number of rotatable bonds is 2. The molecule has 3 N–H and O–H groups in total. The Morgan fingerprint density at radius 3 is 2.60 bits per heavy atom. The molecule has 0 bridgehead atoms. The fourth-order valence-corrected chi connectivity index (χ4v) is 2.80. The third-order valence-electron chi connectivity index (χ3n) is 3.24. The lowest BCUT2D eigenvalue weighted by atomic mass is 9.88. The Balaban J connectivity index is 2.57. The standard InChI is InChI=1S/C11H13BrFNO/c1-6(14)11(4-5-11)9-7(12)2-3-8(13)10(9)15/h2-3,6,15H,4-5,14H2,1H3. The summed E-state index contributed by atoms with van der Waals surface area (Å²) in [7, 11) is 0. The van der Waals surface area contributed by atoms with Crippen LogP contribution in [0.2, 0.25) is 0 Å². The normalized spacial score (nSPS) is 20.0. The molecule has 82 valence electrons. The van der Waals surface area contributed by atoms with E-state index < -0.39 is 5.82 Å². The van der Waals surface area contributed by atoms with Gasteiger partial charge in [0.05, 0.1) is 0 Å². The second kappa shape index (κ2) is 3.46. The molecular formula is C11H13BrFNO. The zero-order chi connectivity index (χ0) is 11.2. The van der Waals surface area contributed by atoms with E-state index in [2.05, 4.69) is 15.9 Å². The largest absolute Gasteiger partial charge is 0.505 e. The summed E-state index contributed by atoms with van der Waals surface area (Å²) in [5.41, 5.74) is 6.28. The Hall–Kier alpha value is -0.610. The highest BCUT2D eigenvalue weighted by atomic mass is 79.9. The smallest absolute Gasteiger partial charge is 0.165 e. The van der Waals surface area contributed by atoms with Crippen molar-refractivity contribution >= 4 is 15.9 Å². The summed E-state index contributed by atoms with van der Waals surface area (Å²) in [5, 5.41) is 9.74. The number of phenols is 1. The maximum atomic E-state index is 13.3. The first kappa shape index (κ1) is 10.9. The van der Waals surface area contributed by atoms with Crippen LogP contribution in [-0.4, -0.2) is 11.1 Å². The van der Waals surface area contributed by atoms with Crippen molar-refractivity contribution in [2.24, 2.45) is 5.73 Å². The molecule has 2 rings (SSSR count). The molecule has 15 heavy (non-hydrogen) atoms. The van der Waals surface area contributed by atoms with Crippen molar-refractivity contribution < 1.29 is 9.50 Å². The van der Waals surface area contributed by atoms with Crippen molar-refractivity contribution in [3.8, 4) is 5.75 Å². The topological polar surface area (TPSA) is 46.2 Å². The Labute approximate surface area is 96.4 Å². The van der Waals surface area contributed by atoms with Gasteiger partial charge in [-0.1, -0.05) is 15.9 Å². The molecule has 4 heteroatoms. The lowest BCUT2D eigenvalue weighted by Gasteiger charge is -2.22. The van der Waals surface area contributed by atoms with E-state index in [0.29, 0.717) is 5.56 Å². The number of benzene rings is 1. The van der Waals surface area contributed by atoms with E-state index >= 15 is 0 Å². The van der Waals surface area contributed by atoms with Gasteiger partial charge in [-0.3, -0.25) is 0 Å². The Kier molecular flexibility index (Phi) is 2.51. The average molecular weight is 274 g/mol. The summed E-state index contributed by atoms with van der Waals surface area (Å²) >= 11 is 3.34. The molecule has 1 atom stereocenters. The quantitative estimate of drug-likeness (QED) is 0.871. The first-order valence-electron chi connectivity index (χ1n) is 4.92. The van der Waals surface area contributed by atoms with Gasteiger partial charge in [0.2, 0.25) is 0 Å². The minimum Gasteiger partial charge on any atom is -0.505 e. The maximum Gasteiger partial charge on any atom is 0.165 e. The summed E-state index contributed by atoms with van der Waals surface area (Å²) in [6.45, 7) is 1.89. The van der Waals surface area contributed by atoms with Crippen molar-refractivity contribution in [2.75, 3.05) is 0 Å². The van der Waals surface area contributed by atoms with Gasteiger partial charge < -0.3 is 10.8 Å². The third kappa shape index (κ3) is 1.56. The number of phenolic OH excluding ortho intramolecular Hbond substituents is 1. The van der Waals surface area contributed by atoms with Crippen molar-refractivity contribution in [1.82, 2.24) is 0 Å². The van der Waals surface area contributed by atoms with Crippen molar-refractivity contribution in [1.29, 1.82) is 0 Å². The van der Waals surface area contributed by atoms with Gasteiger partial charge in [0.1, 0.15) is 0 Å². The third-order valence-corrected chi connectivity index (χ3v) is 3.90. The molecule has 1 aliphatic rings. The van der Waals surface area contributed by atoms with Crippen LogP contribution >= 0.6 is 15.9 Å². The van der Waals surface area contributed by atoms with E-state index in [9.17, 15) is 9.50 Å².